The Balaban J connectivity index is 1.83. The molecular weight excluding hydrogens is 295 g/mol. The maximum atomic E-state index is 6.10. The predicted molar refractivity (Wildman–Crippen MR) is 81.5 cm³/mol. The first-order chi connectivity index (χ1) is 9.63. The molecule has 3 aromatic rings. The van der Waals surface area contributed by atoms with Crippen LogP contribution in [-0.2, 0) is 6.54 Å². The van der Waals surface area contributed by atoms with E-state index >= 15 is 0 Å². The molecule has 3 rings (SSSR count). The fourth-order valence-corrected chi connectivity index (χ4v) is 2.66. The number of nitrogens with one attached hydrogen (secondary N) is 1. The highest BCUT2D eigenvalue weighted by Crippen LogP contribution is 2.26. The van der Waals surface area contributed by atoms with Crippen molar-refractivity contribution in [2.75, 3.05) is 5.32 Å². The topological polar surface area (TPSA) is 42.2 Å². The summed E-state index contributed by atoms with van der Waals surface area (Å²) in [6, 6.07) is 7.67. The molecule has 0 radical (unpaired) electrons. The van der Waals surface area contributed by atoms with Crippen LogP contribution in [0.15, 0.2) is 36.7 Å². The summed E-state index contributed by atoms with van der Waals surface area (Å²) in [5.41, 5.74) is 3.59. The van der Waals surface area contributed by atoms with Crippen molar-refractivity contribution < 1.29 is 0 Å². The summed E-state index contributed by atoms with van der Waals surface area (Å²) in [5, 5.41) is 4.02. The van der Waals surface area contributed by atoms with E-state index in [1.165, 1.54) is 0 Å². The number of fused-ring (bicyclic) bond motifs is 1. The zero-order valence-corrected chi connectivity index (χ0v) is 12.3. The molecule has 0 aliphatic carbocycles. The molecule has 0 unspecified atom stereocenters. The van der Waals surface area contributed by atoms with Crippen LogP contribution in [0.1, 0.15) is 11.3 Å². The Morgan fingerprint density at radius 1 is 1.25 bits per heavy atom. The minimum absolute atomic E-state index is 0.374. The van der Waals surface area contributed by atoms with Crippen molar-refractivity contribution in [3.05, 3.63) is 58.2 Å². The van der Waals surface area contributed by atoms with E-state index in [1.54, 1.807) is 6.07 Å². The van der Waals surface area contributed by atoms with Crippen LogP contribution < -0.4 is 5.32 Å². The third-order valence-electron chi connectivity index (χ3n) is 3.00. The van der Waals surface area contributed by atoms with Crippen molar-refractivity contribution in [2.45, 2.75) is 13.5 Å². The van der Waals surface area contributed by atoms with Crippen LogP contribution in [0.4, 0.5) is 5.69 Å². The smallest absolute Gasteiger partial charge is 0.154 e. The Bertz CT molecular complexity index is 711. The predicted octanol–water partition coefficient (Wildman–Crippen LogP) is 3.96. The lowest BCUT2D eigenvalue weighted by molar-refractivity contribution is 1.07. The molecule has 0 fully saturated rings. The highest BCUT2D eigenvalue weighted by molar-refractivity contribution is 6.34. The van der Waals surface area contributed by atoms with Gasteiger partial charge in [-0.25, -0.2) is 9.97 Å². The minimum atomic E-state index is 0.374. The molecule has 3 aromatic heterocycles. The summed E-state index contributed by atoms with van der Waals surface area (Å²) < 4.78 is 1.98. The largest absolute Gasteiger partial charge is 0.377 e. The summed E-state index contributed by atoms with van der Waals surface area (Å²) in [6.45, 7) is 2.51. The van der Waals surface area contributed by atoms with Gasteiger partial charge < -0.3 is 9.72 Å². The van der Waals surface area contributed by atoms with Gasteiger partial charge in [0.25, 0.3) is 0 Å². The molecule has 0 amide bonds. The standard InChI is InChI=1S/C14H12Cl2N4/c1-9-6-11(15)19-14(16)13(9)17-7-10-8-20-5-3-2-4-12(20)18-10/h2-6,8,17H,7H2,1H3. The first-order valence-electron chi connectivity index (χ1n) is 6.12. The van der Waals surface area contributed by atoms with Crippen LogP contribution >= 0.6 is 23.2 Å². The van der Waals surface area contributed by atoms with Gasteiger partial charge in [0, 0.05) is 12.4 Å². The molecule has 0 aliphatic heterocycles. The molecule has 20 heavy (non-hydrogen) atoms. The second-order valence-corrected chi connectivity index (χ2v) is 5.22. The van der Waals surface area contributed by atoms with Gasteiger partial charge in [-0.15, -0.1) is 0 Å². The van der Waals surface area contributed by atoms with Crippen molar-refractivity contribution in [3.63, 3.8) is 0 Å². The number of pyridine rings is 2. The monoisotopic (exact) mass is 306 g/mol. The van der Waals surface area contributed by atoms with E-state index in [1.807, 2.05) is 41.9 Å². The van der Waals surface area contributed by atoms with Crippen molar-refractivity contribution in [3.8, 4) is 0 Å². The molecule has 1 N–H and O–H groups in total. The van der Waals surface area contributed by atoms with Gasteiger partial charge in [-0.3, -0.25) is 0 Å². The molecule has 0 aromatic carbocycles. The second-order valence-electron chi connectivity index (χ2n) is 4.48. The highest BCUT2D eigenvalue weighted by atomic mass is 35.5. The van der Waals surface area contributed by atoms with Crippen LogP contribution in [-0.4, -0.2) is 14.4 Å². The van der Waals surface area contributed by atoms with Crippen LogP contribution in [0.3, 0.4) is 0 Å². The van der Waals surface area contributed by atoms with Crippen molar-refractivity contribution in [1.82, 2.24) is 14.4 Å². The van der Waals surface area contributed by atoms with E-state index in [0.717, 1.165) is 22.6 Å². The van der Waals surface area contributed by atoms with Crippen LogP contribution in [0, 0.1) is 6.92 Å². The van der Waals surface area contributed by atoms with Gasteiger partial charge in [0.15, 0.2) is 5.15 Å². The van der Waals surface area contributed by atoms with Gasteiger partial charge in [0.05, 0.1) is 17.9 Å². The number of aryl methyl sites for hydroxylation is 1. The molecule has 4 nitrogen and oxygen atoms in total. The lowest BCUT2D eigenvalue weighted by Gasteiger charge is -2.09. The van der Waals surface area contributed by atoms with Gasteiger partial charge in [-0.1, -0.05) is 29.3 Å². The molecule has 0 aliphatic rings. The SMILES string of the molecule is Cc1cc(Cl)nc(Cl)c1NCc1cn2ccccc2n1. The number of rotatable bonds is 3. The lowest BCUT2D eigenvalue weighted by atomic mass is 10.2. The zero-order chi connectivity index (χ0) is 14.1. The van der Waals surface area contributed by atoms with E-state index in [2.05, 4.69) is 15.3 Å². The quantitative estimate of drug-likeness (QED) is 0.745. The van der Waals surface area contributed by atoms with Gasteiger partial charge >= 0.3 is 0 Å². The first-order valence-corrected chi connectivity index (χ1v) is 6.88. The fraction of sp³-hybridized carbons (Fsp3) is 0.143. The number of imidazole rings is 1. The molecule has 6 heteroatoms. The third-order valence-corrected chi connectivity index (χ3v) is 3.47. The summed E-state index contributed by atoms with van der Waals surface area (Å²) in [4.78, 5) is 8.55. The summed E-state index contributed by atoms with van der Waals surface area (Å²) in [7, 11) is 0. The van der Waals surface area contributed by atoms with Crippen LogP contribution in [0.2, 0.25) is 10.3 Å². The average molecular weight is 307 g/mol. The van der Waals surface area contributed by atoms with E-state index in [9.17, 15) is 0 Å². The van der Waals surface area contributed by atoms with E-state index in [0.29, 0.717) is 16.9 Å². The molecule has 0 spiro atoms. The number of hydrogen-bond donors (Lipinski definition) is 1. The van der Waals surface area contributed by atoms with Crippen LogP contribution in [0.25, 0.3) is 5.65 Å². The Morgan fingerprint density at radius 3 is 2.85 bits per heavy atom. The summed E-state index contributed by atoms with van der Waals surface area (Å²) >= 11 is 11.9. The second kappa shape index (κ2) is 5.31. The molecule has 102 valence electrons. The minimum Gasteiger partial charge on any atom is -0.377 e. The van der Waals surface area contributed by atoms with Crippen molar-refractivity contribution in [2.24, 2.45) is 0 Å². The zero-order valence-electron chi connectivity index (χ0n) is 10.8. The molecule has 3 heterocycles. The van der Waals surface area contributed by atoms with Gasteiger partial charge in [-0.2, -0.15) is 0 Å². The summed E-state index contributed by atoms with van der Waals surface area (Å²) in [5.74, 6) is 0. The third kappa shape index (κ3) is 2.57. The number of halogens is 2. The fourth-order valence-electron chi connectivity index (χ4n) is 2.06. The lowest BCUT2D eigenvalue weighted by Crippen LogP contribution is -2.03. The molecule has 0 saturated heterocycles. The Labute approximate surface area is 126 Å². The molecular formula is C14H12Cl2N4. The first kappa shape index (κ1) is 13.2. The number of aromatic nitrogens is 3. The number of nitrogens with zero attached hydrogens (tertiary/aromatic N) is 3. The average Bonchev–Trinajstić information content (AvgIpc) is 2.80. The number of hydrogen-bond acceptors (Lipinski definition) is 3. The van der Waals surface area contributed by atoms with Crippen molar-refractivity contribution >= 4 is 34.5 Å². The van der Waals surface area contributed by atoms with Gasteiger partial charge in [0.2, 0.25) is 0 Å². The molecule has 0 bridgehead atoms. The maximum Gasteiger partial charge on any atom is 0.154 e. The normalized spacial score (nSPS) is 10.9. The molecule has 0 saturated carbocycles. The van der Waals surface area contributed by atoms with Gasteiger partial charge in [-0.05, 0) is 30.7 Å². The van der Waals surface area contributed by atoms with E-state index in [-0.39, 0.29) is 0 Å². The Morgan fingerprint density at radius 2 is 2.10 bits per heavy atom. The number of anilines is 1. The Hall–Kier alpha value is -1.78. The van der Waals surface area contributed by atoms with Crippen molar-refractivity contribution in [1.29, 1.82) is 0 Å². The maximum absolute atomic E-state index is 6.10. The Kier molecular flexibility index (Phi) is 3.51. The van der Waals surface area contributed by atoms with E-state index < -0.39 is 0 Å². The van der Waals surface area contributed by atoms with Gasteiger partial charge in [0.1, 0.15) is 10.8 Å². The highest BCUT2D eigenvalue weighted by Gasteiger charge is 2.08. The summed E-state index contributed by atoms with van der Waals surface area (Å²) in [6.07, 6.45) is 3.95. The van der Waals surface area contributed by atoms with E-state index in [4.69, 9.17) is 23.2 Å². The molecule has 0 atom stereocenters. The van der Waals surface area contributed by atoms with Crippen LogP contribution in [0.5, 0.6) is 0 Å².